The smallest absolute Gasteiger partial charge is 0.307 e. The zero-order valence-corrected chi connectivity index (χ0v) is 20.8. The standard InChI is InChI=1S/C27H52O4/c1-3-5-7-9-10-11-12-13-14-15-16-17-18-19-21-23-27(30)31-25(24-26(28)29)22-20-8-6-4-2/h25H,3-24H2,1-2H3,(H,28,29). The zero-order valence-electron chi connectivity index (χ0n) is 20.8. The van der Waals surface area contributed by atoms with E-state index in [1.54, 1.807) is 0 Å². The van der Waals surface area contributed by atoms with Crippen molar-refractivity contribution in [2.45, 2.75) is 161 Å². The van der Waals surface area contributed by atoms with E-state index in [2.05, 4.69) is 13.8 Å². The van der Waals surface area contributed by atoms with Gasteiger partial charge in [0.1, 0.15) is 6.10 Å². The van der Waals surface area contributed by atoms with Crippen LogP contribution in [0, 0.1) is 0 Å². The average Bonchev–Trinajstić information content (AvgIpc) is 2.73. The maximum atomic E-state index is 12.0. The minimum atomic E-state index is -0.889. The van der Waals surface area contributed by atoms with Crippen molar-refractivity contribution in [3.63, 3.8) is 0 Å². The van der Waals surface area contributed by atoms with Gasteiger partial charge in [0.05, 0.1) is 6.42 Å². The third-order valence-corrected chi connectivity index (χ3v) is 6.06. The van der Waals surface area contributed by atoms with Gasteiger partial charge in [-0.3, -0.25) is 9.59 Å². The van der Waals surface area contributed by atoms with E-state index in [0.29, 0.717) is 12.8 Å². The summed E-state index contributed by atoms with van der Waals surface area (Å²) in [7, 11) is 0. The molecule has 0 spiro atoms. The summed E-state index contributed by atoms with van der Waals surface area (Å²) in [5.41, 5.74) is 0. The second-order valence-corrected chi connectivity index (χ2v) is 9.26. The molecule has 0 aliphatic rings. The molecule has 31 heavy (non-hydrogen) atoms. The summed E-state index contributed by atoms with van der Waals surface area (Å²) in [6, 6.07) is 0. The van der Waals surface area contributed by atoms with Crippen LogP contribution >= 0.6 is 0 Å². The molecule has 4 nitrogen and oxygen atoms in total. The number of carboxylic acid groups (broad SMARTS) is 1. The second kappa shape index (κ2) is 23.6. The molecule has 4 heteroatoms. The molecule has 0 heterocycles. The maximum absolute atomic E-state index is 12.0. The van der Waals surface area contributed by atoms with Crippen molar-refractivity contribution in [2.24, 2.45) is 0 Å². The molecule has 184 valence electrons. The van der Waals surface area contributed by atoms with Gasteiger partial charge in [-0.2, -0.15) is 0 Å². The van der Waals surface area contributed by atoms with Gasteiger partial charge in [0.25, 0.3) is 0 Å². The first-order valence-electron chi connectivity index (χ1n) is 13.5. The molecule has 0 aromatic rings. The first-order valence-corrected chi connectivity index (χ1v) is 13.5. The van der Waals surface area contributed by atoms with Crippen molar-refractivity contribution < 1.29 is 19.4 Å². The number of ether oxygens (including phenoxy) is 1. The second-order valence-electron chi connectivity index (χ2n) is 9.26. The third kappa shape index (κ3) is 23.4. The SMILES string of the molecule is CCCCCCCCCCCCCCCCCC(=O)OC(CCCCCC)CC(=O)O. The van der Waals surface area contributed by atoms with Gasteiger partial charge in [0.15, 0.2) is 0 Å². The molecule has 0 amide bonds. The van der Waals surface area contributed by atoms with Crippen molar-refractivity contribution in [3.05, 3.63) is 0 Å². The lowest BCUT2D eigenvalue weighted by molar-refractivity contribution is -0.153. The zero-order chi connectivity index (χ0) is 23.0. The Balaban J connectivity index is 3.53. The van der Waals surface area contributed by atoms with Crippen LogP contribution in [0.25, 0.3) is 0 Å². The molecule has 0 aromatic heterocycles. The molecule has 1 atom stereocenters. The van der Waals surface area contributed by atoms with Crippen LogP contribution in [0.4, 0.5) is 0 Å². The van der Waals surface area contributed by atoms with Crippen LogP contribution in [-0.4, -0.2) is 23.1 Å². The molecule has 0 aliphatic carbocycles. The molecule has 1 N–H and O–H groups in total. The van der Waals surface area contributed by atoms with Crippen molar-refractivity contribution in [2.75, 3.05) is 0 Å². The Labute approximate surface area is 192 Å². The monoisotopic (exact) mass is 440 g/mol. The van der Waals surface area contributed by atoms with Gasteiger partial charge in [0, 0.05) is 6.42 Å². The van der Waals surface area contributed by atoms with Crippen LogP contribution in [0.15, 0.2) is 0 Å². The normalized spacial score (nSPS) is 12.1. The Bertz CT molecular complexity index is 408. The highest BCUT2D eigenvalue weighted by molar-refractivity contribution is 5.71. The summed E-state index contributed by atoms with van der Waals surface area (Å²) in [5, 5.41) is 9.03. The molecule has 0 bridgehead atoms. The van der Waals surface area contributed by atoms with E-state index in [4.69, 9.17) is 9.84 Å². The van der Waals surface area contributed by atoms with Crippen LogP contribution in [0.1, 0.15) is 155 Å². The Kier molecular flexibility index (Phi) is 22.8. The Morgan fingerprint density at radius 3 is 1.42 bits per heavy atom. The van der Waals surface area contributed by atoms with Crippen molar-refractivity contribution in [3.8, 4) is 0 Å². The molecule has 0 aliphatic heterocycles. The van der Waals surface area contributed by atoms with Gasteiger partial charge in [-0.1, -0.05) is 123 Å². The minimum absolute atomic E-state index is 0.0727. The molecule has 0 aromatic carbocycles. The van der Waals surface area contributed by atoms with E-state index in [1.165, 1.54) is 83.5 Å². The summed E-state index contributed by atoms with van der Waals surface area (Å²) in [5.74, 6) is -1.11. The topological polar surface area (TPSA) is 63.6 Å². The number of carboxylic acids is 1. The van der Waals surface area contributed by atoms with E-state index in [9.17, 15) is 9.59 Å². The number of rotatable bonds is 24. The predicted molar refractivity (Wildman–Crippen MR) is 130 cm³/mol. The van der Waals surface area contributed by atoms with Crippen LogP contribution in [0.3, 0.4) is 0 Å². The lowest BCUT2D eigenvalue weighted by Gasteiger charge is -2.16. The van der Waals surface area contributed by atoms with Crippen LogP contribution < -0.4 is 0 Å². The van der Waals surface area contributed by atoms with Crippen molar-refractivity contribution in [1.82, 2.24) is 0 Å². The highest BCUT2D eigenvalue weighted by Gasteiger charge is 2.17. The Morgan fingerprint density at radius 2 is 1.00 bits per heavy atom. The molecule has 0 rings (SSSR count). The molecule has 0 fully saturated rings. The lowest BCUT2D eigenvalue weighted by Crippen LogP contribution is -2.21. The molecular formula is C27H52O4. The number of esters is 1. The van der Waals surface area contributed by atoms with Crippen LogP contribution in [0.2, 0.25) is 0 Å². The highest BCUT2D eigenvalue weighted by atomic mass is 16.5. The highest BCUT2D eigenvalue weighted by Crippen LogP contribution is 2.15. The fraction of sp³-hybridized carbons (Fsp3) is 0.926. The van der Waals surface area contributed by atoms with Crippen molar-refractivity contribution >= 4 is 11.9 Å². The van der Waals surface area contributed by atoms with E-state index >= 15 is 0 Å². The summed E-state index contributed by atoms with van der Waals surface area (Å²) < 4.78 is 5.44. The predicted octanol–water partition coefficient (Wildman–Crippen LogP) is 8.60. The maximum Gasteiger partial charge on any atom is 0.307 e. The third-order valence-electron chi connectivity index (χ3n) is 6.06. The molecule has 1 unspecified atom stereocenters. The number of carbonyl (C=O) groups excluding carboxylic acids is 1. The lowest BCUT2D eigenvalue weighted by atomic mass is 10.0. The van der Waals surface area contributed by atoms with Crippen LogP contribution in [-0.2, 0) is 14.3 Å². The minimum Gasteiger partial charge on any atom is -0.481 e. The largest absolute Gasteiger partial charge is 0.481 e. The number of aliphatic carboxylic acids is 1. The number of hydrogen-bond acceptors (Lipinski definition) is 3. The summed E-state index contributed by atoms with van der Waals surface area (Å²) in [6.07, 6.45) is 24.4. The van der Waals surface area contributed by atoms with Crippen LogP contribution in [0.5, 0.6) is 0 Å². The first-order chi connectivity index (χ1) is 15.1. The van der Waals surface area contributed by atoms with Gasteiger partial charge in [-0.05, 0) is 19.3 Å². The van der Waals surface area contributed by atoms with E-state index in [-0.39, 0.29) is 12.4 Å². The quantitative estimate of drug-likeness (QED) is 0.120. The number of unbranched alkanes of at least 4 members (excludes halogenated alkanes) is 17. The Hall–Kier alpha value is -1.06. The molecule has 0 saturated carbocycles. The number of hydrogen-bond donors (Lipinski definition) is 1. The van der Waals surface area contributed by atoms with Gasteiger partial charge in [-0.15, -0.1) is 0 Å². The van der Waals surface area contributed by atoms with Gasteiger partial charge in [-0.25, -0.2) is 0 Å². The Morgan fingerprint density at radius 1 is 0.613 bits per heavy atom. The summed E-state index contributed by atoms with van der Waals surface area (Å²) >= 11 is 0. The first kappa shape index (κ1) is 29.9. The fourth-order valence-corrected chi connectivity index (χ4v) is 4.08. The van der Waals surface area contributed by atoms with E-state index in [1.807, 2.05) is 0 Å². The summed E-state index contributed by atoms with van der Waals surface area (Å²) in [6.45, 7) is 4.41. The molecular weight excluding hydrogens is 388 g/mol. The van der Waals surface area contributed by atoms with Gasteiger partial charge in [0.2, 0.25) is 0 Å². The summed E-state index contributed by atoms with van der Waals surface area (Å²) in [4.78, 5) is 23.0. The van der Waals surface area contributed by atoms with E-state index < -0.39 is 12.1 Å². The molecule has 0 radical (unpaired) electrons. The van der Waals surface area contributed by atoms with Gasteiger partial charge < -0.3 is 9.84 Å². The van der Waals surface area contributed by atoms with Gasteiger partial charge >= 0.3 is 11.9 Å². The van der Waals surface area contributed by atoms with Crippen molar-refractivity contribution in [1.29, 1.82) is 0 Å². The number of carbonyl (C=O) groups is 2. The fourth-order valence-electron chi connectivity index (χ4n) is 4.08. The van der Waals surface area contributed by atoms with E-state index in [0.717, 1.165) is 38.5 Å². The average molecular weight is 441 g/mol. The molecule has 0 saturated heterocycles.